The van der Waals surface area contributed by atoms with Crippen LogP contribution in [0.5, 0.6) is 0 Å². The lowest BCUT2D eigenvalue weighted by atomic mass is 10.1. The molecule has 0 aromatic rings. The van der Waals surface area contributed by atoms with Crippen LogP contribution >= 0.6 is 0 Å². The van der Waals surface area contributed by atoms with Gasteiger partial charge >= 0.3 is 0 Å². The van der Waals surface area contributed by atoms with E-state index in [1.165, 1.54) is 0 Å². The lowest BCUT2D eigenvalue weighted by molar-refractivity contribution is 0.374. The molecule has 0 spiro atoms. The minimum atomic E-state index is 0.332. The molecule has 52 valence electrons. The Morgan fingerprint density at radius 3 is 2.78 bits per heavy atom. The van der Waals surface area contributed by atoms with E-state index in [-0.39, 0.29) is 0 Å². The van der Waals surface area contributed by atoms with Gasteiger partial charge in [-0.15, -0.1) is 11.7 Å². The van der Waals surface area contributed by atoms with Gasteiger partial charge in [0, 0.05) is 5.92 Å². The van der Waals surface area contributed by atoms with Crippen LogP contribution in [0, 0.1) is 5.92 Å². The molecule has 0 fully saturated rings. The van der Waals surface area contributed by atoms with E-state index in [9.17, 15) is 0 Å². The summed E-state index contributed by atoms with van der Waals surface area (Å²) in [6.45, 7) is 7.61. The number of oxime groups is 1. The van der Waals surface area contributed by atoms with E-state index in [0.29, 0.717) is 16.4 Å². The van der Waals surface area contributed by atoms with Crippen molar-refractivity contribution in [3.8, 4) is 0 Å². The summed E-state index contributed by atoms with van der Waals surface area (Å²) in [5.74, 6) is 0.332. The van der Waals surface area contributed by atoms with Gasteiger partial charge in [0.2, 0.25) is 10.5 Å². The fourth-order valence-electron chi connectivity index (χ4n) is 0.398. The summed E-state index contributed by atoms with van der Waals surface area (Å²) in [5.41, 5.74) is 0.986. The van der Waals surface area contributed by atoms with E-state index < -0.39 is 0 Å². The largest absolute Gasteiger partial charge is 0.467 e. The smallest absolute Gasteiger partial charge is 0.242 e. The van der Waals surface area contributed by atoms with Crippen LogP contribution in [0.25, 0.3) is 0 Å². The molecule has 0 heterocycles. The van der Waals surface area contributed by atoms with Crippen molar-refractivity contribution >= 4 is 16.2 Å². The third-order valence-corrected chi connectivity index (χ3v) is 1.43. The molecule has 0 N–H and O–H groups in total. The molecule has 0 amide bonds. The van der Waals surface area contributed by atoms with Crippen LogP contribution in [0.15, 0.2) is 17.8 Å². The van der Waals surface area contributed by atoms with Gasteiger partial charge in [-0.3, -0.25) is 0 Å². The topological polar surface area (TPSA) is 21.6 Å². The Kier molecular flexibility index (Phi) is 4.04. The predicted octanol–water partition coefficient (Wildman–Crippen LogP) is 0.481. The van der Waals surface area contributed by atoms with Crippen LogP contribution < -0.4 is 0 Å². The number of rotatable bonds is 3. The minimum absolute atomic E-state index is 0.332. The zero-order valence-electron chi connectivity index (χ0n) is 6.22. The summed E-state index contributed by atoms with van der Waals surface area (Å²) in [7, 11) is 0.663. The van der Waals surface area contributed by atoms with E-state index in [2.05, 4.69) is 11.7 Å². The van der Waals surface area contributed by atoms with E-state index in [0.717, 1.165) is 5.71 Å². The SMILES string of the molecule is C=C[C@@H](C)/C(C)=N\O[SiH3]. The van der Waals surface area contributed by atoms with Gasteiger partial charge < -0.3 is 4.53 Å². The number of hydrogen-bond acceptors (Lipinski definition) is 2. The molecule has 3 heteroatoms. The highest BCUT2D eigenvalue weighted by molar-refractivity contribution is 5.98. The van der Waals surface area contributed by atoms with Crippen LogP contribution in [-0.2, 0) is 4.53 Å². The number of nitrogens with zero attached hydrogens (tertiary/aromatic N) is 1. The van der Waals surface area contributed by atoms with Crippen molar-refractivity contribution in [3.63, 3.8) is 0 Å². The summed E-state index contributed by atoms with van der Waals surface area (Å²) < 4.78 is 4.71. The summed E-state index contributed by atoms with van der Waals surface area (Å²) in [6, 6.07) is 0. The Morgan fingerprint density at radius 2 is 2.44 bits per heavy atom. The lowest BCUT2D eigenvalue weighted by Gasteiger charge is -2.02. The highest BCUT2D eigenvalue weighted by Gasteiger charge is 1.98. The van der Waals surface area contributed by atoms with Gasteiger partial charge in [-0.25, -0.2) is 0 Å². The molecule has 0 aromatic carbocycles. The van der Waals surface area contributed by atoms with Crippen LogP contribution in [0.3, 0.4) is 0 Å². The van der Waals surface area contributed by atoms with Gasteiger partial charge in [-0.05, 0) is 6.92 Å². The van der Waals surface area contributed by atoms with E-state index >= 15 is 0 Å². The van der Waals surface area contributed by atoms with Crippen molar-refractivity contribution < 1.29 is 4.53 Å². The van der Waals surface area contributed by atoms with Crippen molar-refractivity contribution in [1.29, 1.82) is 0 Å². The molecule has 0 saturated carbocycles. The minimum Gasteiger partial charge on any atom is -0.467 e. The van der Waals surface area contributed by atoms with Crippen molar-refractivity contribution in [2.24, 2.45) is 11.1 Å². The summed E-state index contributed by atoms with van der Waals surface area (Å²) in [4.78, 5) is 0. The second-order valence-electron chi connectivity index (χ2n) is 1.94. The third kappa shape index (κ3) is 3.08. The first kappa shape index (κ1) is 8.43. The quantitative estimate of drug-likeness (QED) is 0.244. The van der Waals surface area contributed by atoms with Crippen LogP contribution in [0.2, 0.25) is 0 Å². The Labute approximate surface area is 59.1 Å². The first-order valence-corrected chi connectivity index (χ1v) is 3.74. The molecule has 0 bridgehead atoms. The van der Waals surface area contributed by atoms with E-state index in [1.807, 2.05) is 19.9 Å². The predicted molar refractivity (Wildman–Crippen MR) is 43.5 cm³/mol. The van der Waals surface area contributed by atoms with Crippen molar-refractivity contribution in [1.82, 2.24) is 0 Å². The highest BCUT2D eigenvalue weighted by atomic mass is 28.2. The van der Waals surface area contributed by atoms with Crippen LogP contribution in [-0.4, -0.2) is 16.2 Å². The molecule has 0 unspecified atom stereocenters. The number of allylic oxidation sites excluding steroid dienone is 1. The highest BCUT2D eigenvalue weighted by Crippen LogP contribution is 1.98. The second-order valence-corrected chi connectivity index (χ2v) is 2.30. The maximum Gasteiger partial charge on any atom is 0.242 e. The average Bonchev–Trinajstić information content (AvgIpc) is 1.87. The van der Waals surface area contributed by atoms with Gasteiger partial charge in [0.15, 0.2) is 0 Å². The molecule has 0 aliphatic rings. The molecule has 0 aromatic heterocycles. The third-order valence-electron chi connectivity index (χ3n) is 1.25. The fourth-order valence-corrected chi connectivity index (χ4v) is 0.686. The first-order chi connectivity index (χ1) is 4.22. The summed E-state index contributed by atoms with van der Waals surface area (Å²) in [6.07, 6.45) is 1.85. The molecule has 0 rings (SSSR count). The van der Waals surface area contributed by atoms with E-state index in [1.54, 1.807) is 0 Å². The van der Waals surface area contributed by atoms with Crippen molar-refractivity contribution in [2.45, 2.75) is 13.8 Å². The molecule has 0 aliphatic carbocycles. The summed E-state index contributed by atoms with van der Waals surface area (Å²) in [5, 5.41) is 3.80. The summed E-state index contributed by atoms with van der Waals surface area (Å²) >= 11 is 0. The Balaban J connectivity index is 3.84. The molecule has 9 heavy (non-hydrogen) atoms. The normalized spacial score (nSPS) is 15.1. The first-order valence-electron chi connectivity index (χ1n) is 2.92. The molecule has 0 radical (unpaired) electrons. The molecule has 1 atom stereocenters. The van der Waals surface area contributed by atoms with Gasteiger partial charge in [0.1, 0.15) is 0 Å². The zero-order valence-corrected chi connectivity index (χ0v) is 8.22. The number of hydrogen-bond donors (Lipinski definition) is 0. The Bertz CT molecular complexity index is 122. The monoisotopic (exact) mass is 143 g/mol. The standard InChI is InChI=1S/C6H13NOSi/c1-4-5(2)6(3)7-8-9/h4-5H,1H2,2-3,9H3/b7-6-/t5-/m1/s1. The van der Waals surface area contributed by atoms with Crippen molar-refractivity contribution in [3.05, 3.63) is 12.7 Å². The van der Waals surface area contributed by atoms with Crippen molar-refractivity contribution in [2.75, 3.05) is 0 Å². The zero-order chi connectivity index (χ0) is 7.28. The average molecular weight is 143 g/mol. The second kappa shape index (κ2) is 4.32. The molecule has 0 aliphatic heterocycles. The molecule has 2 nitrogen and oxygen atoms in total. The van der Waals surface area contributed by atoms with Gasteiger partial charge in [-0.2, -0.15) is 0 Å². The Morgan fingerprint density at radius 1 is 1.89 bits per heavy atom. The lowest BCUT2D eigenvalue weighted by Crippen LogP contribution is -2.03. The van der Waals surface area contributed by atoms with Gasteiger partial charge in [0.25, 0.3) is 0 Å². The maximum atomic E-state index is 4.71. The fraction of sp³-hybridized carbons (Fsp3) is 0.500. The van der Waals surface area contributed by atoms with Gasteiger partial charge in [-0.1, -0.05) is 13.0 Å². The van der Waals surface area contributed by atoms with E-state index in [4.69, 9.17) is 4.53 Å². The molecular formula is C6H13NOSi. The Hall–Kier alpha value is -0.573. The molecule has 0 saturated heterocycles. The molecular weight excluding hydrogens is 130 g/mol. The van der Waals surface area contributed by atoms with Gasteiger partial charge in [0.05, 0.1) is 5.71 Å². The van der Waals surface area contributed by atoms with Crippen LogP contribution in [0.1, 0.15) is 13.8 Å². The maximum absolute atomic E-state index is 4.71. The van der Waals surface area contributed by atoms with Crippen LogP contribution in [0.4, 0.5) is 0 Å².